The highest BCUT2D eigenvalue weighted by molar-refractivity contribution is 6.15. The van der Waals surface area contributed by atoms with Crippen LogP contribution in [0.2, 0.25) is 0 Å². The van der Waals surface area contributed by atoms with Crippen LogP contribution in [0.4, 0.5) is 0 Å². The topological polar surface area (TPSA) is 61.8 Å². The Bertz CT molecular complexity index is 702. The Hall–Kier alpha value is -2.43. The van der Waals surface area contributed by atoms with Gasteiger partial charge in [-0.1, -0.05) is 13.0 Å². The van der Waals surface area contributed by atoms with E-state index in [9.17, 15) is 9.59 Å². The molecule has 3 aliphatic heterocycles. The minimum Gasteiger partial charge on any atom is -0.350 e. The fourth-order valence-corrected chi connectivity index (χ4v) is 2.99. The molecule has 2 amide bonds. The molecular weight excluding hydrogens is 290 g/mol. The highest BCUT2D eigenvalue weighted by atomic mass is 16.2. The van der Waals surface area contributed by atoms with Crippen LogP contribution in [0.15, 0.2) is 51.8 Å². The normalized spacial score (nSPS) is 24.2. The van der Waals surface area contributed by atoms with Gasteiger partial charge in [-0.05, 0) is 44.4 Å². The number of likely N-dealkylation sites (tertiary alicyclic amines) is 1. The van der Waals surface area contributed by atoms with Gasteiger partial charge in [-0.3, -0.25) is 9.59 Å². The summed E-state index contributed by atoms with van der Waals surface area (Å²) in [7, 11) is 0. The predicted octanol–water partition coefficient (Wildman–Crippen LogP) is 2.24. The van der Waals surface area contributed by atoms with E-state index in [0.29, 0.717) is 23.4 Å². The fourth-order valence-electron chi connectivity index (χ4n) is 2.99. The zero-order chi connectivity index (χ0) is 16.4. The van der Waals surface area contributed by atoms with Crippen LogP contribution in [0.3, 0.4) is 0 Å². The maximum absolute atomic E-state index is 12.5. The Balaban J connectivity index is 1.87. The lowest BCUT2D eigenvalue weighted by Crippen LogP contribution is -2.35. The molecule has 3 aliphatic rings. The number of amides is 2. The van der Waals surface area contributed by atoms with Gasteiger partial charge in [0.05, 0.1) is 5.71 Å². The first-order chi connectivity index (χ1) is 11.1. The van der Waals surface area contributed by atoms with Crippen LogP contribution in [0.5, 0.6) is 0 Å². The molecule has 0 aromatic rings. The van der Waals surface area contributed by atoms with E-state index in [1.165, 1.54) is 0 Å². The number of hydrogen-bond donors (Lipinski definition) is 1. The van der Waals surface area contributed by atoms with Crippen LogP contribution in [0.1, 0.15) is 33.1 Å². The fraction of sp³-hybridized carbons (Fsp3) is 0.389. The second-order valence-corrected chi connectivity index (χ2v) is 5.92. The van der Waals surface area contributed by atoms with Crippen LogP contribution in [-0.4, -0.2) is 35.5 Å². The third-order valence-corrected chi connectivity index (χ3v) is 4.34. The molecule has 0 aromatic carbocycles. The third kappa shape index (κ3) is 3.04. The van der Waals surface area contributed by atoms with Gasteiger partial charge in [0.2, 0.25) is 0 Å². The van der Waals surface area contributed by atoms with Gasteiger partial charge in [-0.2, -0.15) is 0 Å². The summed E-state index contributed by atoms with van der Waals surface area (Å²) >= 11 is 0. The van der Waals surface area contributed by atoms with Gasteiger partial charge in [0.15, 0.2) is 0 Å². The maximum Gasteiger partial charge on any atom is 0.273 e. The van der Waals surface area contributed by atoms with Crippen molar-refractivity contribution in [1.29, 1.82) is 0 Å². The molecule has 0 aliphatic carbocycles. The van der Waals surface area contributed by atoms with Crippen LogP contribution in [0.25, 0.3) is 0 Å². The van der Waals surface area contributed by atoms with Gasteiger partial charge < -0.3 is 10.2 Å². The lowest BCUT2D eigenvalue weighted by Gasteiger charge is -2.23. The van der Waals surface area contributed by atoms with Crippen molar-refractivity contribution < 1.29 is 9.59 Å². The summed E-state index contributed by atoms with van der Waals surface area (Å²) in [6, 6.07) is 0. The third-order valence-electron chi connectivity index (χ3n) is 4.34. The molecule has 3 rings (SSSR count). The van der Waals surface area contributed by atoms with Crippen LogP contribution in [-0.2, 0) is 9.59 Å². The number of aliphatic imine (C=N–C) groups is 1. The molecule has 0 bridgehead atoms. The summed E-state index contributed by atoms with van der Waals surface area (Å²) in [6.07, 6.45) is 10.2. The van der Waals surface area contributed by atoms with E-state index in [1.807, 2.05) is 37.0 Å². The first-order valence-corrected chi connectivity index (χ1v) is 8.09. The first kappa shape index (κ1) is 15.5. The molecule has 0 spiro atoms. The van der Waals surface area contributed by atoms with Crippen molar-refractivity contribution in [3.63, 3.8) is 0 Å². The van der Waals surface area contributed by atoms with E-state index in [2.05, 4.69) is 10.3 Å². The van der Waals surface area contributed by atoms with Crippen LogP contribution >= 0.6 is 0 Å². The van der Waals surface area contributed by atoms with Crippen molar-refractivity contribution in [3.8, 4) is 0 Å². The number of carbonyl (C=O) groups is 2. The van der Waals surface area contributed by atoms with Crippen molar-refractivity contribution in [3.05, 3.63) is 46.8 Å². The number of dihydropyridines is 2. The second kappa shape index (κ2) is 6.36. The standard InChI is InChI=1S/C18H21N3O2/c1-3-13-11-14(12(2)19-17(13)22)15-7-6-8-16(20-15)18(23)21-9-4-5-10-21/h6-8,11,20H,3-5,9-10H2,1-2H3. The molecule has 0 atom stereocenters. The number of nitrogens with one attached hydrogen (secondary N) is 1. The maximum atomic E-state index is 12.5. The monoisotopic (exact) mass is 311 g/mol. The number of nitrogens with zero attached hydrogens (tertiary/aromatic N) is 2. The molecule has 1 saturated heterocycles. The average molecular weight is 311 g/mol. The molecule has 0 unspecified atom stereocenters. The van der Waals surface area contributed by atoms with Gasteiger partial charge in [-0.15, -0.1) is 0 Å². The van der Waals surface area contributed by atoms with Gasteiger partial charge >= 0.3 is 0 Å². The highest BCUT2D eigenvalue weighted by Crippen LogP contribution is 2.22. The minimum atomic E-state index is -0.168. The second-order valence-electron chi connectivity index (χ2n) is 5.92. The molecule has 0 aromatic heterocycles. The Morgan fingerprint density at radius 2 is 2.09 bits per heavy atom. The molecule has 1 fully saturated rings. The molecule has 0 saturated carbocycles. The summed E-state index contributed by atoms with van der Waals surface area (Å²) in [5, 5.41) is 3.22. The van der Waals surface area contributed by atoms with Gasteiger partial charge in [0.25, 0.3) is 11.8 Å². The summed E-state index contributed by atoms with van der Waals surface area (Å²) in [4.78, 5) is 30.3. The summed E-state index contributed by atoms with van der Waals surface area (Å²) in [5.41, 5.74) is 3.63. The smallest absolute Gasteiger partial charge is 0.273 e. The molecule has 3 heterocycles. The largest absolute Gasteiger partial charge is 0.350 e. The van der Waals surface area contributed by atoms with Crippen molar-refractivity contribution in [2.45, 2.75) is 33.1 Å². The zero-order valence-corrected chi connectivity index (χ0v) is 13.6. The Morgan fingerprint density at radius 1 is 1.35 bits per heavy atom. The molecule has 0 radical (unpaired) electrons. The zero-order valence-electron chi connectivity index (χ0n) is 13.6. The highest BCUT2D eigenvalue weighted by Gasteiger charge is 2.24. The minimum absolute atomic E-state index is 0.0334. The van der Waals surface area contributed by atoms with Crippen molar-refractivity contribution in [1.82, 2.24) is 10.2 Å². The molecule has 120 valence electrons. The van der Waals surface area contributed by atoms with E-state index in [0.717, 1.165) is 37.2 Å². The lowest BCUT2D eigenvalue weighted by molar-refractivity contribution is -0.126. The van der Waals surface area contributed by atoms with Crippen molar-refractivity contribution >= 4 is 17.5 Å². The van der Waals surface area contributed by atoms with Crippen LogP contribution in [0, 0.1) is 0 Å². The SMILES string of the molecule is CCC1=CC(=C2C=CC=C(C(=O)N3CCCC3)N2)C(C)=NC1=O. The van der Waals surface area contributed by atoms with E-state index in [1.54, 1.807) is 6.08 Å². The molecule has 23 heavy (non-hydrogen) atoms. The summed E-state index contributed by atoms with van der Waals surface area (Å²) < 4.78 is 0. The van der Waals surface area contributed by atoms with E-state index < -0.39 is 0 Å². The van der Waals surface area contributed by atoms with Crippen LogP contribution < -0.4 is 5.32 Å². The lowest BCUT2D eigenvalue weighted by atomic mass is 9.99. The molecule has 1 N–H and O–H groups in total. The molecular formula is C18H21N3O2. The van der Waals surface area contributed by atoms with Gasteiger partial charge in [0.1, 0.15) is 5.70 Å². The number of rotatable bonds is 2. The average Bonchev–Trinajstić information content (AvgIpc) is 3.09. The van der Waals surface area contributed by atoms with Gasteiger partial charge in [0, 0.05) is 29.9 Å². The predicted molar refractivity (Wildman–Crippen MR) is 89.7 cm³/mol. The van der Waals surface area contributed by atoms with E-state index in [-0.39, 0.29) is 11.8 Å². The number of hydrogen-bond acceptors (Lipinski definition) is 3. The van der Waals surface area contributed by atoms with Crippen molar-refractivity contribution in [2.24, 2.45) is 4.99 Å². The van der Waals surface area contributed by atoms with E-state index >= 15 is 0 Å². The van der Waals surface area contributed by atoms with Gasteiger partial charge in [-0.25, -0.2) is 4.99 Å². The Labute approximate surface area is 136 Å². The van der Waals surface area contributed by atoms with E-state index in [4.69, 9.17) is 0 Å². The van der Waals surface area contributed by atoms with Crippen molar-refractivity contribution in [2.75, 3.05) is 13.1 Å². The first-order valence-electron chi connectivity index (χ1n) is 8.09. The summed E-state index contributed by atoms with van der Waals surface area (Å²) in [5.74, 6) is -0.135. The number of carbonyl (C=O) groups excluding carboxylic acids is 2. The Morgan fingerprint density at radius 3 is 2.78 bits per heavy atom. The molecule has 5 heteroatoms. The Kier molecular flexibility index (Phi) is 4.28. The number of allylic oxidation sites excluding steroid dienone is 5. The molecule has 5 nitrogen and oxygen atoms in total. The summed E-state index contributed by atoms with van der Waals surface area (Å²) in [6.45, 7) is 5.40. The quantitative estimate of drug-likeness (QED) is 0.851.